The Morgan fingerprint density at radius 2 is 1.56 bits per heavy atom. The van der Waals surface area contributed by atoms with Crippen LogP contribution in [0.2, 0.25) is 15.1 Å². The van der Waals surface area contributed by atoms with Gasteiger partial charge < -0.3 is 5.32 Å². The van der Waals surface area contributed by atoms with Gasteiger partial charge in [-0.05, 0) is 29.3 Å². The van der Waals surface area contributed by atoms with E-state index in [4.69, 9.17) is 34.8 Å². The Labute approximate surface area is 122 Å². The van der Waals surface area contributed by atoms with E-state index < -0.39 is 0 Å². The molecule has 0 saturated heterocycles. The van der Waals surface area contributed by atoms with Gasteiger partial charge in [-0.1, -0.05) is 59.1 Å². The summed E-state index contributed by atoms with van der Waals surface area (Å²) in [4.78, 5) is 0. The Bertz CT molecular complexity index is 523. The molecule has 94 valence electrons. The Kier molecular flexibility index (Phi) is 4.90. The summed E-state index contributed by atoms with van der Waals surface area (Å²) in [6, 6.07) is 13.4. The van der Waals surface area contributed by atoms with Crippen molar-refractivity contribution in [2.75, 3.05) is 0 Å². The van der Waals surface area contributed by atoms with Crippen LogP contribution in [0.4, 0.5) is 0 Å². The Balaban J connectivity index is 1.92. The van der Waals surface area contributed by atoms with Crippen molar-refractivity contribution in [2.24, 2.45) is 0 Å². The molecule has 0 bridgehead atoms. The molecule has 0 spiro atoms. The molecular formula is C14H12Cl3N. The Hall–Kier alpha value is -0.730. The van der Waals surface area contributed by atoms with Gasteiger partial charge in [0.2, 0.25) is 0 Å². The maximum absolute atomic E-state index is 6.11. The summed E-state index contributed by atoms with van der Waals surface area (Å²) in [5.41, 5.74) is 2.18. The van der Waals surface area contributed by atoms with E-state index in [9.17, 15) is 0 Å². The molecule has 1 nitrogen and oxygen atoms in total. The highest BCUT2D eigenvalue weighted by Gasteiger charge is 2.03. The number of benzene rings is 2. The highest BCUT2D eigenvalue weighted by atomic mass is 35.5. The smallest absolute Gasteiger partial charge is 0.0637 e. The maximum atomic E-state index is 6.11. The van der Waals surface area contributed by atoms with Crippen LogP contribution in [0.1, 0.15) is 11.1 Å². The third-order valence-corrected chi connectivity index (χ3v) is 3.70. The van der Waals surface area contributed by atoms with Crippen LogP contribution < -0.4 is 5.32 Å². The topological polar surface area (TPSA) is 12.0 Å². The fourth-order valence-electron chi connectivity index (χ4n) is 1.63. The second-order valence-electron chi connectivity index (χ2n) is 3.94. The second kappa shape index (κ2) is 6.44. The molecule has 0 atom stereocenters. The van der Waals surface area contributed by atoms with Crippen molar-refractivity contribution in [2.45, 2.75) is 13.1 Å². The molecule has 0 saturated carbocycles. The predicted molar refractivity (Wildman–Crippen MR) is 78.5 cm³/mol. The monoisotopic (exact) mass is 299 g/mol. The van der Waals surface area contributed by atoms with Crippen molar-refractivity contribution in [3.05, 3.63) is 68.7 Å². The largest absolute Gasteiger partial charge is 0.309 e. The van der Waals surface area contributed by atoms with E-state index in [0.717, 1.165) is 17.1 Å². The third-order valence-electron chi connectivity index (χ3n) is 2.59. The van der Waals surface area contributed by atoms with Gasteiger partial charge in [-0.15, -0.1) is 0 Å². The summed E-state index contributed by atoms with van der Waals surface area (Å²) in [6.07, 6.45) is 0. The first-order valence-electron chi connectivity index (χ1n) is 5.55. The molecule has 0 heterocycles. The zero-order valence-electron chi connectivity index (χ0n) is 9.59. The van der Waals surface area contributed by atoms with Gasteiger partial charge in [0.05, 0.1) is 10.0 Å². The van der Waals surface area contributed by atoms with Crippen molar-refractivity contribution < 1.29 is 0 Å². The van der Waals surface area contributed by atoms with Crippen LogP contribution in [0.3, 0.4) is 0 Å². The van der Waals surface area contributed by atoms with Crippen molar-refractivity contribution >= 4 is 34.8 Å². The van der Waals surface area contributed by atoms with Crippen LogP contribution in [0.5, 0.6) is 0 Å². The molecule has 0 aliphatic rings. The Morgan fingerprint density at radius 1 is 0.833 bits per heavy atom. The van der Waals surface area contributed by atoms with Crippen molar-refractivity contribution in [1.82, 2.24) is 5.32 Å². The quantitative estimate of drug-likeness (QED) is 0.843. The summed E-state index contributed by atoms with van der Waals surface area (Å²) in [5.74, 6) is 0. The fraction of sp³-hybridized carbons (Fsp3) is 0.143. The lowest BCUT2D eigenvalue weighted by molar-refractivity contribution is 0.693. The standard InChI is InChI=1S/C14H12Cl3N/c15-12-6-4-10(5-7-12)8-18-9-11-2-1-3-13(16)14(11)17/h1-7,18H,8-9H2. The molecule has 0 amide bonds. The maximum Gasteiger partial charge on any atom is 0.0637 e. The van der Waals surface area contributed by atoms with Crippen LogP contribution in [0.15, 0.2) is 42.5 Å². The normalized spacial score (nSPS) is 10.6. The zero-order valence-corrected chi connectivity index (χ0v) is 11.9. The van der Waals surface area contributed by atoms with Gasteiger partial charge in [-0.3, -0.25) is 0 Å². The summed E-state index contributed by atoms with van der Waals surface area (Å²) in [7, 11) is 0. The number of rotatable bonds is 4. The molecule has 2 rings (SSSR count). The van der Waals surface area contributed by atoms with Gasteiger partial charge in [0.1, 0.15) is 0 Å². The lowest BCUT2D eigenvalue weighted by Crippen LogP contribution is -2.12. The molecule has 0 aliphatic carbocycles. The van der Waals surface area contributed by atoms with Gasteiger partial charge >= 0.3 is 0 Å². The number of nitrogens with one attached hydrogen (secondary N) is 1. The van der Waals surface area contributed by atoms with Gasteiger partial charge in [0, 0.05) is 18.1 Å². The molecular weight excluding hydrogens is 289 g/mol. The molecule has 4 heteroatoms. The highest BCUT2D eigenvalue weighted by Crippen LogP contribution is 2.25. The number of hydrogen-bond acceptors (Lipinski definition) is 1. The lowest BCUT2D eigenvalue weighted by Gasteiger charge is -2.08. The van der Waals surface area contributed by atoms with Crippen LogP contribution in [-0.4, -0.2) is 0 Å². The molecule has 0 aliphatic heterocycles. The van der Waals surface area contributed by atoms with E-state index in [0.29, 0.717) is 16.6 Å². The highest BCUT2D eigenvalue weighted by molar-refractivity contribution is 6.42. The third kappa shape index (κ3) is 3.63. The van der Waals surface area contributed by atoms with Crippen molar-refractivity contribution in [3.63, 3.8) is 0 Å². The summed E-state index contributed by atoms with van der Waals surface area (Å²) < 4.78 is 0. The van der Waals surface area contributed by atoms with Crippen LogP contribution in [0.25, 0.3) is 0 Å². The summed E-state index contributed by atoms with van der Waals surface area (Å²) >= 11 is 17.9. The molecule has 2 aromatic carbocycles. The van der Waals surface area contributed by atoms with Gasteiger partial charge in [0.15, 0.2) is 0 Å². The minimum Gasteiger partial charge on any atom is -0.309 e. The van der Waals surface area contributed by atoms with Crippen molar-refractivity contribution in [3.8, 4) is 0 Å². The predicted octanol–water partition coefficient (Wildman–Crippen LogP) is 4.94. The van der Waals surface area contributed by atoms with Crippen LogP contribution in [-0.2, 0) is 13.1 Å². The molecule has 2 aromatic rings. The minimum absolute atomic E-state index is 0.586. The first kappa shape index (κ1) is 13.7. The molecule has 0 radical (unpaired) electrons. The second-order valence-corrected chi connectivity index (χ2v) is 5.16. The van der Waals surface area contributed by atoms with E-state index >= 15 is 0 Å². The van der Waals surface area contributed by atoms with Gasteiger partial charge in [-0.25, -0.2) is 0 Å². The number of halogens is 3. The fourth-order valence-corrected chi connectivity index (χ4v) is 2.14. The van der Waals surface area contributed by atoms with Crippen molar-refractivity contribution in [1.29, 1.82) is 0 Å². The molecule has 1 N–H and O–H groups in total. The number of hydrogen-bond donors (Lipinski definition) is 1. The Morgan fingerprint density at radius 3 is 2.28 bits per heavy atom. The van der Waals surface area contributed by atoms with E-state index in [1.807, 2.05) is 36.4 Å². The van der Waals surface area contributed by atoms with Gasteiger partial charge in [0.25, 0.3) is 0 Å². The molecule has 18 heavy (non-hydrogen) atoms. The van der Waals surface area contributed by atoms with Crippen LogP contribution in [0, 0.1) is 0 Å². The first-order chi connectivity index (χ1) is 8.66. The summed E-state index contributed by atoms with van der Waals surface area (Å²) in [5, 5.41) is 5.27. The zero-order chi connectivity index (χ0) is 13.0. The van der Waals surface area contributed by atoms with Gasteiger partial charge in [-0.2, -0.15) is 0 Å². The molecule has 0 aromatic heterocycles. The average molecular weight is 301 g/mol. The minimum atomic E-state index is 0.586. The first-order valence-corrected chi connectivity index (χ1v) is 6.68. The van der Waals surface area contributed by atoms with E-state index in [-0.39, 0.29) is 0 Å². The lowest BCUT2D eigenvalue weighted by atomic mass is 10.2. The van der Waals surface area contributed by atoms with Crippen LogP contribution >= 0.6 is 34.8 Å². The average Bonchev–Trinajstić information content (AvgIpc) is 2.37. The molecule has 0 fully saturated rings. The van der Waals surface area contributed by atoms with E-state index in [1.165, 1.54) is 5.56 Å². The van der Waals surface area contributed by atoms with E-state index in [2.05, 4.69) is 5.32 Å². The summed E-state index contributed by atoms with van der Waals surface area (Å²) in [6.45, 7) is 1.45. The van der Waals surface area contributed by atoms with E-state index in [1.54, 1.807) is 6.07 Å². The molecule has 0 unspecified atom stereocenters. The SMILES string of the molecule is Clc1ccc(CNCc2cccc(Cl)c2Cl)cc1.